The lowest BCUT2D eigenvalue weighted by atomic mass is 10.0. The highest BCUT2D eigenvalue weighted by Gasteiger charge is 2.52. The Morgan fingerprint density at radius 1 is 1.00 bits per heavy atom. The van der Waals surface area contributed by atoms with Crippen LogP contribution in [0, 0.1) is 0 Å². The Bertz CT molecular complexity index is 388. The molecule has 7 heteroatoms. The van der Waals surface area contributed by atoms with E-state index in [2.05, 4.69) is 13.8 Å². The minimum Gasteiger partial charge on any atom is -0.348 e. The summed E-state index contributed by atoms with van der Waals surface area (Å²) in [6.07, 6.45) is -0.559. The molecule has 0 unspecified atom stereocenters. The normalized spacial score (nSPS) is 34.2. The molecule has 0 bridgehead atoms. The Morgan fingerprint density at radius 2 is 1.61 bits per heavy atom. The largest absolute Gasteiger partial charge is 0.348 e. The second-order valence-electron chi connectivity index (χ2n) is 6.79. The van der Waals surface area contributed by atoms with Gasteiger partial charge in [0.15, 0.2) is 11.6 Å². The molecule has 2 N–H and O–H groups in total. The Kier molecular flexibility index (Phi) is 6.73. The van der Waals surface area contributed by atoms with E-state index >= 15 is 0 Å². The molecule has 136 valence electrons. The molecule has 0 aromatic carbocycles. The molecule has 2 saturated heterocycles. The van der Waals surface area contributed by atoms with Gasteiger partial charge < -0.3 is 24.7 Å². The first-order valence-electron chi connectivity index (χ1n) is 8.35. The average Bonchev–Trinajstić information content (AvgIpc) is 2.97. The summed E-state index contributed by atoms with van der Waals surface area (Å²) in [5, 5.41) is 0. The first-order chi connectivity index (χ1) is 10.7. The van der Waals surface area contributed by atoms with Crippen molar-refractivity contribution in [3.8, 4) is 0 Å². The third-order valence-corrected chi connectivity index (χ3v) is 6.68. The van der Waals surface area contributed by atoms with Gasteiger partial charge in [0, 0.05) is 0 Å². The number of hydrogen-bond donors (Lipinski definition) is 1. The van der Waals surface area contributed by atoms with E-state index in [0.717, 1.165) is 11.5 Å². The van der Waals surface area contributed by atoms with Gasteiger partial charge in [-0.1, -0.05) is 13.8 Å². The molecule has 2 rings (SSSR count). The fraction of sp³-hybridized carbons (Fsp3) is 1.00. The Balaban J connectivity index is 2.13. The van der Waals surface area contributed by atoms with Crippen LogP contribution in [0.2, 0.25) is 0 Å². The highest BCUT2D eigenvalue weighted by molar-refractivity contribution is 8.17. The lowest BCUT2D eigenvalue weighted by Gasteiger charge is -2.31. The molecule has 2 heterocycles. The van der Waals surface area contributed by atoms with Gasteiger partial charge in [0.1, 0.15) is 18.3 Å². The maximum absolute atomic E-state index is 6.60. The van der Waals surface area contributed by atoms with E-state index in [1.807, 2.05) is 51.2 Å². The van der Waals surface area contributed by atoms with Crippen LogP contribution >= 0.6 is 23.5 Å². The minimum atomic E-state index is -0.651. The molecule has 0 radical (unpaired) electrons. The second-order valence-corrected chi connectivity index (χ2v) is 9.92. The predicted molar refractivity (Wildman–Crippen MR) is 96.8 cm³/mol. The van der Waals surface area contributed by atoms with E-state index in [4.69, 9.17) is 24.7 Å². The van der Waals surface area contributed by atoms with Crippen molar-refractivity contribution in [2.45, 2.75) is 82.1 Å². The van der Waals surface area contributed by atoms with Crippen LogP contribution in [-0.2, 0) is 18.9 Å². The summed E-state index contributed by atoms with van der Waals surface area (Å²) in [7, 11) is 0. The van der Waals surface area contributed by atoms with Crippen LogP contribution in [0.25, 0.3) is 0 Å². The molecule has 2 fully saturated rings. The summed E-state index contributed by atoms with van der Waals surface area (Å²) in [5.41, 5.74) is 6.60. The number of rotatable bonds is 7. The summed E-state index contributed by atoms with van der Waals surface area (Å²) in [5.74, 6) is 0.832. The zero-order valence-electron chi connectivity index (χ0n) is 15.0. The van der Waals surface area contributed by atoms with Crippen LogP contribution in [0.3, 0.4) is 0 Å². The monoisotopic (exact) mass is 365 g/mol. The van der Waals surface area contributed by atoms with Gasteiger partial charge in [0.25, 0.3) is 0 Å². The highest BCUT2D eigenvalue weighted by Crippen LogP contribution is 2.39. The molecule has 2 aliphatic heterocycles. The van der Waals surface area contributed by atoms with E-state index < -0.39 is 11.6 Å². The molecule has 23 heavy (non-hydrogen) atoms. The fourth-order valence-electron chi connectivity index (χ4n) is 3.03. The van der Waals surface area contributed by atoms with E-state index in [-0.39, 0.29) is 28.9 Å². The van der Waals surface area contributed by atoms with Gasteiger partial charge in [-0.05, 0) is 39.2 Å². The maximum atomic E-state index is 6.60. The predicted octanol–water partition coefficient (Wildman–Crippen LogP) is 2.82. The van der Waals surface area contributed by atoms with Gasteiger partial charge in [0.05, 0.1) is 17.2 Å². The molecule has 0 amide bonds. The summed E-state index contributed by atoms with van der Waals surface area (Å²) in [4.78, 5) is 0. The Hall–Kier alpha value is 0.500. The molecule has 5 nitrogen and oxygen atoms in total. The number of ether oxygens (including phenoxy) is 4. The van der Waals surface area contributed by atoms with Gasteiger partial charge in [-0.2, -0.15) is 0 Å². The zero-order valence-corrected chi connectivity index (χ0v) is 16.7. The van der Waals surface area contributed by atoms with E-state index in [1.165, 1.54) is 0 Å². The van der Waals surface area contributed by atoms with Crippen LogP contribution < -0.4 is 5.73 Å². The summed E-state index contributed by atoms with van der Waals surface area (Å²) in [6, 6.07) is -0.121. The molecule has 4 atom stereocenters. The molecule has 2 aliphatic rings. The van der Waals surface area contributed by atoms with Crippen molar-refractivity contribution in [2.75, 3.05) is 18.1 Å². The standard InChI is InChI=1S/C16H31NO4S2/c1-7-22-14(23-8-2)11(17)13-12(20-16(5,6)21-13)10-9-18-15(3,4)19-10/h10-14H,7-9,17H2,1-6H3/t10-,11-,12+,13-/m1/s1. The third-order valence-electron chi connectivity index (χ3n) is 3.92. The van der Waals surface area contributed by atoms with Gasteiger partial charge in [-0.25, -0.2) is 0 Å². The Morgan fingerprint density at radius 3 is 2.09 bits per heavy atom. The molecule has 0 aliphatic carbocycles. The van der Waals surface area contributed by atoms with Crippen LogP contribution in [0.4, 0.5) is 0 Å². The number of thioether (sulfide) groups is 2. The van der Waals surface area contributed by atoms with E-state index in [9.17, 15) is 0 Å². The minimum absolute atomic E-state index is 0.121. The van der Waals surface area contributed by atoms with Crippen LogP contribution in [0.1, 0.15) is 41.5 Å². The average molecular weight is 366 g/mol. The molecule has 0 aromatic heterocycles. The first-order valence-corrected chi connectivity index (χ1v) is 10.4. The fourth-order valence-corrected chi connectivity index (χ4v) is 5.65. The number of nitrogens with two attached hydrogens (primary N) is 1. The lowest BCUT2D eigenvalue weighted by molar-refractivity contribution is -0.174. The summed E-state index contributed by atoms with van der Waals surface area (Å²) >= 11 is 3.74. The third kappa shape index (κ3) is 5.00. The van der Waals surface area contributed by atoms with Crippen LogP contribution in [-0.4, -0.2) is 58.6 Å². The van der Waals surface area contributed by atoms with Crippen LogP contribution in [0.15, 0.2) is 0 Å². The zero-order chi connectivity index (χ0) is 17.3. The molecule has 0 spiro atoms. The smallest absolute Gasteiger partial charge is 0.163 e. The van der Waals surface area contributed by atoms with Gasteiger partial charge >= 0.3 is 0 Å². The van der Waals surface area contributed by atoms with Crippen molar-refractivity contribution < 1.29 is 18.9 Å². The lowest BCUT2D eigenvalue weighted by Crippen LogP contribution is -2.51. The highest BCUT2D eigenvalue weighted by atomic mass is 32.2. The van der Waals surface area contributed by atoms with Crippen molar-refractivity contribution in [1.29, 1.82) is 0 Å². The Labute approximate surface area is 148 Å². The number of hydrogen-bond acceptors (Lipinski definition) is 7. The molecular weight excluding hydrogens is 334 g/mol. The van der Waals surface area contributed by atoms with E-state index in [1.54, 1.807) is 0 Å². The molecular formula is C16H31NO4S2. The van der Waals surface area contributed by atoms with Gasteiger partial charge in [-0.15, -0.1) is 23.5 Å². The molecule has 0 aromatic rings. The van der Waals surface area contributed by atoms with Crippen molar-refractivity contribution in [3.63, 3.8) is 0 Å². The topological polar surface area (TPSA) is 62.9 Å². The van der Waals surface area contributed by atoms with Crippen molar-refractivity contribution >= 4 is 23.5 Å². The van der Waals surface area contributed by atoms with Crippen LogP contribution in [0.5, 0.6) is 0 Å². The summed E-state index contributed by atoms with van der Waals surface area (Å²) in [6.45, 7) is 12.5. The van der Waals surface area contributed by atoms with Gasteiger partial charge in [0.2, 0.25) is 0 Å². The summed E-state index contributed by atoms with van der Waals surface area (Å²) < 4.78 is 24.3. The van der Waals surface area contributed by atoms with Gasteiger partial charge in [-0.3, -0.25) is 0 Å². The maximum Gasteiger partial charge on any atom is 0.163 e. The van der Waals surface area contributed by atoms with Crippen molar-refractivity contribution in [2.24, 2.45) is 5.73 Å². The molecule has 0 saturated carbocycles. The van der Waals surface area contributed by atoms with E-state index in [0.29, 0.717) is 6.61 Å². The van der Waals surface area contributed by atoms with Crippen molar-refractivity contribution in [3.05, 3.63) is 0 Å². The SMILES string of the molecule is CCSC(SCC)[C@H](N)[C@H]1OC(C)(C)O[C@H]1[C@H]1COC(C)(C)O1. The van der Waals surface area contributed by atoms with Crippen molar-refractivity contribution in [1.82, 2.24) is 0 Å². The second kappa shape index (κ2) is 7.81. The quantitative estimate of drug-likeness (QED) is 0.696. The first kappa shape index (κ1) is 19.8.